The van der Waals surface area contributed by atoms with Crippen LogP contribution in [0.5, 0.6) is 5.88 Å². The Hall–Kier alpha value is -1.76. The van der Waals surface area contributed by atoms with E-state index in [4.69, 9.17) is 10.00 Å². The Labute approximate surface area is 75.0 Å². The molecule has 0 unspecified atom stereocenters. The highest BCUT2D eigenvalue weighted by molar-refractivity contribution is 5.45. The summed E-state index contributed by atoms with van der Waals surface area (Å²) in [4.78, 5) is 11.4. The van der Waals surface area contributed by atoms with E-state index in [1.54, 1.807) is 6.92 Å². The van der Waals surface area contributed by atoms with Crippen LogP contribution in [0, 0.1) is 18.3 Å². The van der Waals surface area contributed by atoms with Gasteiger partial charge < -0.3 is 4.74 Å². The van der Waals surface area contributed by atoms with Crippen LogP contribution in [0.25, 0.3) is 0 Å². The average molecular weight is 176 g/mol. The lowest BCUT2D eigenvalue weighted by Gasteiger charge is -2.04. The summed E-state index contributed by atoms with van der Waals surface area (Å²) in [6, 6.07) is 3.51. The highest BCUT2D eigenvalue weighted by atomic mass is 16.5. The monoisotopic (exact) mass is 176 g/mol. The van der Waals surface area contributed by atoms with Crippen LogP contribution in [0.15, 0.2) is 10.9 Å². The zero-order valence-corrected chi connectivity index (χ0v) is 7.20. The van der Waals surface area contributed by atoms with Gasteiger partial charge in [-0.3, -0.25) is 9.36 Å². The molecule has 0 N–H and O–H groups in total. The molecule has 0 amide bonds. The van der Waals surface area contributed by atoms with Gasteiger partial charge in [-0.15, -0.1) is 0 Å². The Bertz CT molecular complexity index is 454. The summed E-state index contributed by atoms with van der Waals surface area (Å²) in [5.74, 6) is 0.424. The predicted molar refractivity (Wildman–Crippen MR) is 45.6 cm³/mol. The molecule has 0 aliphatic carbocycles. The summed E-state index contributed by atoms with van der Waals surface area (Å²) >= 11 is 0. The van der Waals surface area contributed by atoms with Gasteiger partial charge in [-0.2, -0.15) is 5.26 Å². The van der Waals surface area contributed by atoms with E-state index in [0.717, 1.165) is 0 Å². The number of hydrogen-bond acceptors (Lipinski definition) is 3. The Morgan fingerprint density at radius 2 is 2.46 bits per heavy atom. The molecule has 0 saturated carbocycles. The summed E-state index contributed by atoms with van der Waals surface area (Å²) in [5.41, 5.74) is 1.06. The summed E-state index contributed by atoms with van der Waals surface area (Å²) in [7, 11) is 0. The van der Waals surface area contributed by atoms with Gasteiger partial charge >= 0.3 is 0 Å². The van der Waals surface area contributed by atoms with Crippen molar-refractivity contribution >= 4 is 0 Å². The number of pyridine rings is 1. The molecular formula is C9H8N2O2. The number of nitrogens with zero attached hydrogens (tertiary/aromatic N) is 2. The fourth-order valence-electron chi connectivity index (χ4n) is 1.47. The van der Waals surface area contributed by atoms with Gasteiger partial charge in [0, 0.05) is 6.07 Å². The van der Waals surface area contributed by atoms with Gasteiger partial charge in [0.05, 0.1) is 6.54 Å². The smallest absolute Gasteiger partial charge is 0.253 e. The van der Waals surface area contributed by atoms with E-state index in [2.05, 4.69) is 0 Å². The third-order valence-electron chi connectivity index (χ3n) is 2.12. The van der Waals surface area contributed by atoms with Crippen molar-refractivity contribution in [2.45, 2.75) is 13.5 Å². The maximum atomic E-state index is 11.4. The van der Waals surface area contributed by atoms with Crippen molar-refractivity contribution < 1.29 is 4.74 Å². The van der Waals surface area contributed by atoms with Gasteiger partial charge in [0.15, 0.2) is 0 Å². The Morgan fingerprint density at radius 3 is 3.15 bits per heavy atom. The van der Waals surface area contributed by atoms with Crippen LogP contribution in [0.4, 0.5) is 0 Å². The lowest BCUT2D eigenvalue weighted by Crippen LogP contribution is -2.17. The first-order valence-electron chi connectivity index (χ1n) is 4.01. The fourth-order valence-corrected chi connectivity index (χ4v) is 1.47. The van der Waals surface area contributed by atoms with Crippen molar-refractivity contribution in [2.24, 2.45) is 0 Å². The second kappa shape index (κ2) is 2.63. The number of rotatable bonds is 0. The number of aromatic nitrogens is 1. The molecule has 2 rings (SSSR count). The minimum atomic E-state index is -0.0935. The maximum absolute atomic E-state index is 11.4. The average Bonchev–Trinajstić information content (AvgIpc) is 2.53. The van der Waals surface area contributed by atoms with Crippen molar-refractivity contribution in [1.82, 2.24) is 4.57 Å². The first-order valence-corrected chi connectivity index (χ1v) is 4.01. The normalized spacial score (nSPS) is 13.2. The van der Waals surface area contributed by atoms with E-state index in [9.17, 15) is 4.79 Å². The van der Waals surface area contributed by atoms with E-state index >= 15 is 0 Å². The van der Waals surface area contributed by atoms with Gasteiger partial charge in [-0.1, -0.05) is 0 Å². The highest BCUT2D eigenvalue weighted by Gasteiger charge is 2.19. The molecule has 1 aliphatic heterocycles. The second-order valence-electron chi connectivity index (χ2n) is 2.96. The lowest BCUT2D eigenvalue weighted by atomic mass is 10.2. The fraction of sp³-hybridized carbons (Fsp3) is 0.333. The number of hydrogen-bond donors (Lipinski definition) is 0. The highest BCUT2D eigenvalue weighted by Crippen LogP contribution is 2.22. The summed E-state index contributed by atoms with van der Waals surface area (Å²) in [6.45, 7) is 2.76. The lowest BCUT2D eigenvalue weighted by molar-refractivity contribution is 0.355. The van der Waals surface area contributed by atoms with Gasteiger partial charge in [-0.05, 0) is 12.5 Å². The molecule has 4 heteroatoms. The van der Waals surface area contributed by atoms with Crippen molar-refractivity contribution in [1.29, 1.82) is 5.26 Å². The first-order chi connectivity index (χ1) is 6.24. The van der Waals surface area contributed by atoms with Crippen molar-refractivity contribution in [3.8, 4) is 11.9 Å². The summed E-state index contributed by atoms with van der Waals surface area (Å²) < 4.78 is 6.71. The molecule has 0 atom stereocenters. The van der Waals surface area contributed by atoms with E-state index in [0.29, 0.717) is 30.2 Å². The quantitative estimate of drug-likeness (QED) is 0.575. The topological polar surface area (TPSA) is 55.0 Å². The van der Waals surface area contributed by atoms with Crippen LogP contribution in [0.1, 0.15) is 11.1 Å². The van der Waals surface area contributed by atoms with Crippen LogP contribution in [0.2, 0.25) is 0 Å². The van der Waals surface area contributed by atoms with E-state index in [1.807, 2.05) is 6.07 Å². The molecule has 1 aromatic rings. The van der Waals surface area contributed by atoms with Crippen LogP contribution in [-0.4, -0.2) is 11.2 Å². The number of nitriles is 1. The van der Waals surface area contributed by atoms with Crippen molar-refractivity contribution in [2.75, 3.05) is 6.61 Å². The van der Waals surface area contributed by atoms with Crippen molar-refractivity contribution in [3.05, 3.63) is 27.5 Å². The molecule has 0 bridgehead atoms. The summed E-state index contributed by atoms with van der Waals surface area (Å²) in [5, 5.41) is 8.83. The Kier molecular flexibility index (Phi) is 1.59. The van der Waals surface area contributed by atoms with E-state index < -0.39 is 0 Å². The maximum Gasteiger partial charge on any atom is 0.253 e. The van der Waals surface area contributed by atoms with Gasteiger partial charge in [0.25, 0.3) is 5.56 Å². The van der Waals surface area contributed by atoms with Crippen LogP contribution < -0.4 is 10.3 Å². The van der Waals surface area contributed by atoms with Gasteiger partial charge in [0.1, 0.15) is 18.2 Å². The standard InChI is InChI=1S/C9H8N2O2/c1-6-4-8(12)11-2-3-13-9(11)7(6)5-10/h4H,2-3H2,1H3. The largest absolute Gasteiger partial charge is 0.476 e. The minimum Gasteiger partial charge on any atom is -0.476 e. The zero-order valence-electron chi connectivity index (χ0n) is 7.20. The van der Waals surface area contributed by atoms with Crippen LogP contribution >= 0.6 is 0 Å². The second-order valence-corrected chi connectivity index (χ2v) is 2.96. The van der Waals surface area contributed by atoms with Crippen LogP contribution in [0.3, 0.4) is 0 Å². The molecule has 0 fully saturated rings. The molecule has 0 aromatic carbocycles. The molecule has 13 heavy (non-hydrogen) atoms. The molecule has 4 nitrogen and oxygen atoms in total. The predicted octanol–water partition coefficient (Wildman–Crippen LogP) is 0.421. The molecule has 66 valence electrons. The van der Waals surface area contributed by atoms with Gasteiger partial charge in [0.2, 0.25) is 5.88 Å². The molecule has 1 aromatic heterocycles. The Morgan fingerprint density at radius 1 is 1.69 bits per heavy atom. The van der Waals surface area contributed by atoms with Gasteiger partial charge in [-0.25, -0.2) is 0 Å². The Balaban J connectivity index is 2.81. The third kappa shape index (κ3) is 1.01. The SMILES string of the molecule is Cc1cc(=O)n2c(c1C#N)OCC2. The summed E-state index contributed by atoms with van der Waals surface area (Å²) in [6.07, 6.45) is 0. The number of fused-ring (bicyclic) bond motifs is 1. The zero-order chi connectivity index (χ0) is 9.42. The third-order valence-corrected chi connectivity index (χ3v) is 2.12. The number of aryl methyl sites for hydroxylation is 1. The molecule has 1 aliphatic rings. The molecule has 0 spiro atoms. The van der Waals surface area contributed by atoms with E-state index in [-0.39, 0.29) is 5.56 Å². The minimum absolute atomic E-state index is 0.0935. The first kappa shape index (κ1) is 7.87. The molecule has 2 heterocycles. The molecule has 0 saturated heterocycles. The van der Waals surface area contributed by atoms with Crippen LogP contribution in [-0.2, 0) is 6.54 Å². The number of ether oxygens (including phenoxy) is 1. The van der Waals surface area contributed by atoms with E-state index in [1.165, 1.54) is 10.6 Å². The molecule has 0 radical (unpaired) electrons. The molecular weight excluding hydrogens is 168 g/mol. The van der Waals surface area contributed by atoms with Crippen molar-refractivity contribution in [3.63, 3.8) is 0 Å².